The van der Waals surface area contributed by atoms with E-state index >= 15 is 0 Å². The average Bonchev–Trinajstić information content (AvgIpc) is 2.48. The molecule has 0 radical (unpaired) electrons. The maximum atomic E-state index is 6.42. The van der Waals surface area contributed by atoms with Crippen molar-refractivity contribution in [2.75, 3.05) is 18.5 Å². The second kappa shape index (κ2) is 7.43. The van der Waals surface area contributed by atoms with Gasteiger partial charge in [-0.05, 0) is 43.3 Å². The first kappa shape index (κ1) is 15.8. The lowest BCUT2D eigenvalue weighted by Crippen LogP contribution is -2.19. The van der Waals surface area contributed by atoms with Gasteiger partial charge in [0, 0.05) is 30.0 Å². The maximum Gasteiger partial charge on any atom is 0.0598 e. The van der Waals surface area contributed by atoms with E-state index in [1.54, 1.807) is 0 Å². The average molecular weight is 304 g/mol. The number of pyridine rings is 1. The zero-order chi connectivity index (χ0) is 15.2. The number of nitrogens with one attached hydrogen (secondary N) is 1. The van der Waals surface area contributed by atoms with Crippen molar-refractivity contribution in [2.45, 2.75) is 26.4 Å². The van der Waals surface area contributed by atoms with Crippen LogP contribution in [-0.2, 0) is 6.54 Å². The van der Waals surface area contributed by atoms with Gasteiger partial charge in [0.2, 0.25) is 0 Å². The van der Waals surface area contributed by atoms with Crippen LogP contribution in [0.5, 0.6) is 0 Å². The molecule has 2 rings (SSSR count). The van der Waals surface area contributed by atoms with E-state index in [-0.39, 0.29) is 6.04 Å². The molecule has 0 fully saturated rings. The van der Waals surface area contributed by atoms with Crippen molar-refractivity contribution in [2.24, 2.45) is 0 Å². The smallest absolute Gasteiger partial charge is 0.0598 e. The first-order valence-corrected chi connectivity index (χ1v) is 7.63. The minimum absolute atomic E-state index is 0.262. The van der Waals surface area contributed by atoms with E-state index in [2.05, 4.69) is 41.2 Å². The van der Waals surface area contributed by atoms with Crippen LogP contribution in [0.15, 0.2) is 42.6 Å². The Morgan fingerprint density at radius 3 is 2.71 bits per heavy atom. The lowest BCUT2D eigenvalue weighted by Gasteiger charge is -2.21. The molecule has 0 spiro atoms. The molecule has 3 nitrogen and oxygen atoms in total. The van der Waals surface area contributed by atoms with Gasteiger partial charge in [-0.25, -0.2) is 0 Å². The fourth-order valence-electron chi connectivity index (χ4n) is 2.35. The van der Waals surface area contributed by atoms with Gasteiger partial charge in [0.05, 0.1) is 12.2 Å². The first-order chi connectivity index (χ1) is 10.1. The van der Waals surface area contributed by atoms with Gasteiger partial charge in [0.1, 0.15) is 0 Å². The SMILES string of the molecule is CCNC(C)c1ccc(N(C)Cc2ccccn2)cc1Cl. The van der Waals surface area contributed by atoms with Gasteiger partial charge in [-0.1, -0.05) is 30.7 Å². The van der Waals surface area contributed by atoms with Gasteiger partial charge in [-0.15, -0.1) is 0 Å². The van der Waals surface area contributed by atoms with Gasteiger partial charge in [0.25, 0.3) is 0 Å². The van der Waals surface area contributed by atoms with E-state index in [1.165, 1.54) is 0 Å². The third kappa shape index (κ3) is 4.19. The molecule has 0 aliphatic heterocycles. The molecular formula is C17H22ClN3. The number of nitrogens with zero attached hydrogens (tertiary/aromatic N) is 2. The van der Waals surface area contributed by atoms with Gasteiger partial charge < -0.3 is 10.2 Å². The molecule has 0 aliphatic rings. The lowest BCUT2D eigenvalue weighted by molar-refractivity contribution is 0.598. The molecule has 112 valence electrons. The molecule has 1 aromatic heterocycles. The number of benzene rings is 1. The normalized spacial score (nSPS) is 12.2. The molecule has 0 saturated carbocycles. The van der Waals surface area contributed by atoms with Crippen molar-refractivity contribution in [3.8, 4) is 0 Å². The van der Waals surface area contributed by atoms with Crippen LogP contribution in [0.1, 0.15) is 31.1 Å². The molecule has 1 N–H and O–H groups in total. The van der Waals surface area contributed by atoms with E-state index in [0.29, 0.717) is 0 Å². The molecule has 0 bridgehead atoms. The summed E-state index contributed by atoms with van der Waals surface area (Å²) in [4.78, 5) is 6.50. The molecule has 0 aliphatic carbocycles. The molecule has 0 amide bonds. The molecule has 4 heteroatoms. The van der Waals surface area contributed by atoms with Crippen LogP contribution in [0.25, 0.3) is 0 Å². The number of hydrogen-bond donors (Lipinski definition) is 1. The van der Waals surface area contributed by atoms with Crippen LogP contribution in [0.4, 0.5) is 5.69 Å². The number of anilines is 1. The van der Waals surface area contributed by atoms with E-state index < -0.39 is 0 Å². The first-order valence-electron chi connectivity index (χ1n) is 7.25. The van der Waals surface area contributed by atoms with Crippen molar-refractivity contribution >= 4 is 17.3 Å². The Labute approximate surface area is 132 Å². The molecular weight excluding hydrogens is 282 g/mol. The van der Waals surface area contributed by atoms with Gasteiger partial charge in [-0.2, -0.15) is 0 Å². The molecule has 1 heterocycles. The highest BCUT2D eigenvalue weighted by molar-refractivity contribution is 6.31. The summed E-state index contributed by atoms with van der Waals surface area (Å²) in [7, 11) is 2.05. The maximum absolute atomic E-state index is 6.42. The Kier molecular flexibility index (Phi) is 5.59. The standard InChI is InChI=1S/C17H22ClN3/c1-4-19-13(2)16-9-8-15(11-17(16)18)21(3)12-14-7-5-6-10-20-14/h5-11,13,19H,4,12H2,1-3H3. The summed E-state index contributed by atoms with van der Waals surface area (Å²) in [6, 6.07) is 12.4. The van der Waals surface area contributed by atoms with Gasteiger partial charge in [0.15, 0.2) is 0 Å². The molecule has 21 heavy (non-hydrogen) atoms. The summed E-state index contributed by atoms with van der Waals surface area (Å²) in [6.45, 7) is 5.92. The predicted molar refractivity (Wildman–Crippen MR) is 89.9 cm³/mol. The Morgan fingerprint density at radius 2 is 2.10 bits per heavy atom. The second-order valence-electron chi connectivity index (χ2n) is 5.16. The highest BCUT2D eigenvalue weighted by Gasteiger charge is 2.11. The minimum Gasteiger partial charge on any atom is -0.369 e. The third-order valence-corrected chi connectivity index (χ3v) is 3.85. The van der Waals surface area contributed by atoms with Crippen molar-refractivity contribution in [3.05, 3.63) is 58.9 Å². The van der Waals surface area contributed by atoms with Crippen LogP contribution < -0.4 is 10.2 Å². The molecule has 1 atom stereocenters. The summed E-state index contributed by atoms with van der Waals surface area (Å²) in [6.07, 6.45) is 1.82. The van der Waals surface area contributed by atoms with Crippen LogP contribution in [0, 0.1) is 0 Å². The largest absolute Gasteiger partial charge is 0.369 e. The van der Waals surface area contributed by atoms with Crippen molar-refractivity contribution in [1.29, 1.82) is 0 Å². The number of aromatic nitrogens is 1. The van der Waals surface area contributed by atoms with E-state index in [9.17, 15) is 0 Å². The summed E-state index contributed by atoms with van der Waals surface area (Å²) in [5.74, 6) is 0. The Bertz CT molecular complexity index is 572. The van der Waals surface area contributed by atoms with Crippen molar-refractivity contribution in [3.63, 3.8) is 0 Å². The third-order valence-electron chi connectivity index (χ3n) is 3.53. The zero-order valence-electron chi connectivity index (χ0n) is 12.8. The monoisotopic (exact) mass is 303 g/mol. The number of rotatable bonds is 6. The highest BCUT2D eigenvalue weighted by atomic mass is 35.5. The van der Waals surface area contributed by atoms with E-state index in [0.717, 1.165) is 35.1 Å². The Balaban J connectivity index is 2.12. The molecule has 2 aromatic rings. The van der Waals surface area contributed by atoms with E-state index in [4.69, 9.17) is 11.6 Å². The quantitative estimate of drug-likeness (QED) is 0.873. The van der Waals surface area contributed by atoms with Crippen LogP contribution >= 0.6 is 11.6 Å². The van der Waals surface area contributed by atoms with E-state index in [1.807, 2.05) is 37.5 Å². The summed E-state index contributed by atoms with van der Waals surface area (Å²) in [5.41, 5.74) is 3.27. The summed E-state index contributed by atoms with van der Waals surface area (Å²) >= 11 is 6.42. The number of halogens is 1. The summed E-state index contributed by atoms with van der Waals surface area (Å²) in [5, 5.41) is 4.18. The van der Waals surface area contributed by atoms with Crippen LogP contribution in [0.2, 0.25) is 5.02 Å². The second-order valence-corrected chi connectivity index (χ2v) is 5.57. The summed E-state index contributed by atoms with van der Waals surface area (Å²) < 4.78 is 0. The topological polar surface area (TPSA) is 28.2 Å². The fourth-order valence-corrected chi connectivity index (χ4v) is 2.69. The van der Waals surface area contributed by atoms with Gasteiger partial charge >= 0.3 is 0 Å². The Morgan fingerprint density at radius 1 is 1.29 bits per heavy atom. The predicted octanol–water partition coefficient (Wildman–Crippen LogP) is 4.04. The van der Waals surface area contributed by atoms with Crippen molar-refractivity contribution < 1.29 is 0 Å². The van der Waals surface area contributed by atoms with Crippen LogP contribution in [-0.4, -0.2) is 18.6 Å². The van der Waals surface area contributed by atoms with Gasteiger partial charge in [-0.3, -0.25) is 4.98 Å². The molecule has 1 unspecified atom stereocenters. The zero-order valence-corrected chi connectivity index (χ0v) is 13.6. The molecule has 0 saturated heterocycles. The molecule has 1 aromatic carbocycles. The lowest BCUT2D eigenvalue weighted by atomic mass is 10.1. The number of hydrogen-bond acceptors (Lipinski definition) is 3. The minimum atomic E-state index is 0.262. The highest BCUT2D eigenvalue weighted by Crippen LogP contribution is 2.28. The fraction of sp³-hybridized carbons (Fsp3) is 0.353. The Hall–Kier alpha value is -1.58. The van der Waals surface area contributed by atoms with Crippen LogP contribution in [0.3, 0.4) is 0 Å². The van der Waals surface area contributed by atoms with Crippen molar-refractivity contribution in [1.82, 2.24) is 10.3 Å².